The molecule has 4 aliphatic rings. The first-order chi connectivity index (χ1) is 14.0. The van der Waals surface area contributed by atoms with Crippen LogP contribution in [-0.2, 0) is 26.4 Å². The molecule has 2 saturated heterocycles. The molecule has 1 aromatic carbocycles. The first kappa shape index (κ1) is 17.7. The van der Waals surface area contributed by atoms with Crippen molar-refractivity contribution in [2.45, 2.75) is 43.6 Å². The van der Waals surface area contributed by atoms with Gasteiger partial charge >= 0.3 is 5.97 Å². The third-order valence-corrected chi connectivity index (χ3v) is 7.80. The molecule has 2 aromatic rings. The minimum absolute atomic E-state index is 0.0551. The summed E-state index contributed by atoms with van der Waals surface area (Å²) < 4.78 is 18.8. The summed E-state index contributed by atoms with van der Waals surface area (Å²) in [4.78, 5) is 15.6. The average Bonchev–Trinajstić information content (AvgIpc) is 3.31. The lowest BCUT2D eigenvalue weighted by molar-refractivity contribution is -0.199. The predicted molar refractivity (Wildman–Crippen MR) is 105 cm³/mol. The van der Waals surface area contributed by atoms with Gasteiger partial charge in [-0.05, 0) is 30.9 Å². The third-order valence-electron chi connectivity index (χ3n) is 7.80. The third kappa shape index (κ3) is 1.96. The Labute approximate surface area is 169 Å². The molecule has 7 heteroatoms. The van der Waals surface area contributed by atoms with Crippen molar-refractivity contribution in [3.8, 4) is 5.75 Å². The number of carbonyl (C=O) groups excluding carboxylic acids is 1. The molecule has 5 heterocycles. The van der Waals surface area contributed by atoms with Gasteiger partial charge in [0.05, 0.1) is 31.9 Å². The maximum atomic E-state index is 13.1. The van der Waals surface area contributed by atoms with E-state index in [-0.39, 0.29) is 17.6 Å². The summed E-state index contributed by atoms with van der Waals surface area (Å²) in [5, 5.41) is 13.0. The minimum Gasteiger partial charge on any atom is -0.495 e. The van der Waals surface area contributed by atoms with Crippen molar-refractivity contribution in [2.75, 3.05) is 33.9 Å². The fourth-order valence-corrected chi connectivity index (χ4v) is 6.77. The number of aliphatic hydroxyl groups is 1. The van der Waals surface area contributed by atoms with Crippen LogP contribution in [0.15, 0.2) is 18.2 Å². The molecule has 1 N–H and O–H groups in total. The Balaban J connectivity index is 1.75. The van der Waals surface area contributed by atoms with Gasteiger partial charge < -0.3 is 23.9 Å². The number of piperidine rings is 1. The highest BCUT2D eigenvalue weighted by molar-refractivity contribution is 5.94. The Morgan fingerprint density at radius 2 is 2.17 bits per heavy atom. The molecule has 4 atom stereocenters. The number of methoxy groups -OCH3 is 2. The van der Waals surface area contributed by atoms with Gasteiger partial charge in [0.25, 0.3) is 0 Å². The van der Waals surface area contributed by atoms with Crippen LogP contribution in [-0.4, -0.2) is 60.6 Å². The number of fused-ring (bicyclic) bond motifs is 3. The second-order valence-corrected chi connectivity index (χ2v) is 8.86. The molecule has 1 aromatic heterocycles. The Bertz CT molecular complexity index is 1030. The first-order valence-corrected chi connectivity index (χ1v) is 10.4. The lowest BCUT2D eigenvalue weighted by Gasteiger charge is -2.58. The van der Waals surface area contributed by atoms with E-state index in [0.717, 1.165) is 48.9 Å². The van der Waals surface area contributed by atoms with Gasteiger partial charge in [-0.1, -0.05) is 12.1 Å². The second kappa shape index (κ2) is 5.74. The van der Waals surface area contributed by atoms with Crippen molar-refractivity contribution in [3.05, 3.63) is 29.5 Å². The van der Waals surface area contributed by atoms with Gasteiger partial charge in [-0.15, -0.1) is 0 Å². The number of aromatic nitrogens is 1. The zero-order valence-corrected chi connectivity index (χ0v) is 16.8. The molecule has 29 heavy (non-hydrogen) atoms. The van der Waals surface area contributed by atoms with E-state index in [0.29, 0.717) is 18.8 Å². The van der Waals surface area contributed by atoms with Crippen LogP contribution < -0.4 is 4.74 Å². The molecule has 0 saturated carbocycles. The number of benzene rings is 1. The van der Waals surface area contributed by atoms with E-state index in [2.05, 4.69) is 11.0 Å². The average molecular weight is 398 g/mol. The summed E-state index contributed by atoms with van der Waals surface area (Å²) in [5.41, 5.74) is 0.983. The Morgan fingerprint density at radius 1 is 1.31 bits per heavy atom. The summed E-state index contributed by atoms with van der Waals surface area (Å²) in [5.74, 6) is 0.0426. The number of carbonyl (C=O) groups is 1. The number of para-hydroxylation sites is 1. The minimum atomic E-state index is -1.78. The summed E-state index contributed by atoms with van der Waals surface area (Å²) in [6, 6.07) is 6.07. The van der Waals surface area contributed by atoms with Gasteiger partial charge in [-0.3, -0.25) is 4.90 Å². The lowest BCUT2D eigenvalue weighted by Crippen LogP contribution is -2.63. The number of esters is 1. The zero-order valence-electron chi connectivity index (χ0n) is 16.8. The van der Waals surface area contributed by atoms with Crippen LogP contribution in [0.3, 0.4) is 0 Å². The standard InChI is InChI=1S/C22H26N2O5/c1-27-15-5-3-4-13-14-6-9-23-10-7-16-21(8-11-29-16)12-22(26,20(25)28-2)24(17(13)15)18(14)19(21)23/h3-5,16,19,26H,6-12H2,1-2H3/t16-,19+,21+,22+/m0/s1. The molecule has 6 rings (SSSR count). The van der Waals surface area contributed by atoms with E-state index in [9.17, 15) is 9.90 Å². The Morgan fingerprint density at radius 3 is 2.97 bits per heavy atom. The van der Waals surface area contributed by atoms with Crippen molar-refractivity contribution >= 4 is 16.9 Å². The van der Waals surface area contributed by atoms with Crippen molar-refractivity contribution < 1.29 is 24.1 Å². The van der Waals surface area contributed by atoms with Crippen LogP contribution in [0, 0.1) is 5.41 Å². The number of nitrogens with zero attached hydrogens (tertiary/aromatic N) is 2. The second-order valence-electron chi connectivity index (χ2n) is 8.86. The van der Waals surface area contributed by atoms with Crippen molar-refractivity contribution in [1.29, 1.82) is 0 Å². The van der Waals surface area contributed by atoms with Gasteiger partial charge in [0, 0.05) is 42.6 Å². The molecule has 7 nitrogen and oxygen atoms in total. The molecule has 2 fully saturated rings. The number of ether oxygens (including phenoxy) is 3. The quantitative estimate of drug-likeness (QED) is 0.780. The van der Waals surface area contributed by atoms with E-state index >= 15 is 0 Å². The SMILES string of the molecule is COC(=O)[C@]1(O)C[C@]23CCO[C@H]2CCN2CCc4c(n1c1c(OC)cccc41)[C@@H]23. The summed E-state index contributed by atoms with van der Waals surface area (Å²) in [7, 11) is 2.97. The Kier molecular flexibility index (Phi) is 3.51. The lowest BCUT2D eigenvalue weighted by atomic mass is 9.61. The smallest absolute Gasteiger partial charge is 0.359 e. The number of rotatable bonds is 2. The van der Waals surface area contributed by atoms with Gasteiger partial charge in [0.2, 0.25) is 5.72 Å². The van der Waals surface area contributed by atoms with Crippen LogP contribution in [0.25, 0.3) is 10.9 Å². The maximum absolute atomic E-state index is 13.1. The van der Waals surface area contributed by atoms with E-state index in [1.54, 1.807) is 7.11 Å². The summed E-state index contributed by atoms with van der Waals surface area (Å²) in [6.45, 7) is 2.64. The molecular formula is C22H26N2O5. The fourth-order valence-electron chi connectivity index (χ4n) is 6.77. The van der Waals surface area contributed by atoms with E-state index in [4.69, 9.17) is 14.2 Å². The summed E-state index contributed by atoms with van der Waals surface area (Å²) in [6.07, 6.45) is 3.02. The largest absolute Gasteiger partial charge is 0.495 e. The van der Waals surface area contributed by atoms with E-state index in [1.807, 2.05) is 16.7 Å². The topological polar surface area (TPSA) is 73.2 Å². The Hall–Kier alpha value is -2.09. The van der Waals surface area contributed by atoms with Gasteiger partial charge in [0.1, 0.15) is 5.75 Å². The molecule has 0 amide bonds. The molecule has 4 aliphatic heterocycles. The van der Waals surface area contributed by atoms with E-state index < -0.39 is 11.7 Å². The van der Waals surface area contributed by atoms with Crippen molar-refractivity contribution in [1.82, 2.24) is 9.47 Å². The van der Waals surface area contributed by atoms with E-state index in [1.165, 1.54) is 12.7 Å². The maximum Gasteiger partial charge on any atom is 0.359 e. The van der Waals surface area contributed by atoms with Gasteiger partial charge in [-0.25, -0.2) is 4.79 Å². The highest BCUT2D eigenvalue weighted by Gasteiger charge is 2.65. The van der Waals surface area contributed by atoms with Crippen molar-refractivity contribution in [2.24, 2.45) is 5.41 Å². The molecule has 0 aliphatic carbocycles. The fraction of sp³-hybridized carbons (Fsp3) is 0.591. The molecule has 0 radical (unpaired) electrons. The number of hydrogen-bond donors (Lipinski definition) is 1. The molecule has 0 bridgehead atoms. The highest BCUT2D eigenvalue weighted by Crippen LogP contribution is 2.63. The van der Waals surface area contributed by atoms with Crippen LogP contribution in [0.1, 0.15) is 36.6 Å². The van der Waals surface area contributed by atoms with Crippen molar-refractivity contribution in [3.63, 3.8) is 0 Å². The van der Waals surface area contributed by atoms with Gasteiger partial charge in [-0.2, -0.15) is 0 Å². The highest BCUT2D eigenvalue weighted by atomic mass is 16.5. The normalized spacial score (nSPS) is 35.3. The molecule has 154 valence electrons. The summed E-state index contributed by atoms with van der Waals surface area (Å²) >= 11 is 0. The van der Waals surface area contributed by atoms with Gasteiger partial charge in [0.15, 0.2) is 0 Å². The van der Waals surface area contributed by atoms with Crippen LogP contribution in [0.5, 0.6) is 5.75 Å². The first-order valence-electron chi connectivity index (χ1n) is 10.4. The zero-order chi connectivity index (χ0) is 20.0. The predicted octanol–water partition coefficient (Wildman–Crippen LogP) is 1.95. The molecular weight excluding hydrogens is 372 g/mol. The monoisotopic (exact) mass is 398 g/mol. The van der Waals surface area contributed by atoms with Crippen LogP contribution in [0.2, 0.25) is 0 Å². The van der Waals surface area contributed by atoms with Crippen LogP contribution >= 0.6 is 0 Å². The molecule has 1 spiro atoms. The van der Waals surface area contributed by atoms with Crippen LogP contribution in [0.4, 0.5) is 0 Å². The number of hydrogen-bond acceptors (Lipinski definition) is 6. The molecule has 0 unspecified atom stereocenters.